The summed E-state index contributed by atoms with van der Waals surface area (Å²) >= 11 is 1.48. The summed E-state index contributed by atoms with van der Waals surface area (Å²) < 4.78 is 5.28. The van der Waals surface area contributed by atoms with Crippen molar-refractivity contribution in [3.63, 3.8) is 0 Å². The zero-order chi connectivity index (χ0) is 23.5. The predicted molar refractivity (Wildman–Crippen MR) is 116 cm³/mol. The highest BCUT2D eigenvalue weighted by molar-refractivity contribution is 7.98. The number of benzene rings is 1. The molecule has 2 fully saturated rings. The number of hydrogen-bond donors (Lipinski definition) is 6. The molecule has 10 nitrogen and oxygen atoms in total. The molecule has 32 heavy (non-hydrogen) atoms. The molecule has 1 aromatic carbocycles. The first-order valence-electron chi connectivity index (χ1n) is 10.4. The van der Waals surface area contributed by atoms with Crippen LogP contribution in [0.4, 0.5) is 0 Å². The van der Waals surface area contributed by atoms with Gasteiger partial charge in [0.25, 0.3) is 11.8 Å². The Labute approximate surface area is 190 Å². The van der Waals surface area contributed by atoms with E-state index in [9.17, 15) is 29.7 Å². The van der Waals surface area contributed by atoms with E-state index < -0.39 is 48.1 Å². The maximum Gasteiger partial charge on any atom is 0.255 e. The highest BCUT2D eigenvalue weighted by Crippen LogP contribution is 2.31. The Morgan fingerprint density at radius 1 is 1.25 bits per heavy atom. The van der Waals surface area contributed by atoms with Crippen molar-refractivity contribution in [1.82, 2.24) is 16.0 Å². The number of carbonyl (C=O) groups is 3. The third-order valence-electron chi connectivity index (χ3n) is 5.89. The van der Waals surface area contributed by atoms with Crippen molar-refractivity contribution in [2.24, 2.45) is 0 Å². The number of aliphatic hydroxyl groups is 3. The van der Waals surface area contributed by atoms with Gasteiger partial charge >= 0.3 is 0 Å². The summed E-state index contributed by atoms with van der Waals surface area (Å²) in [6.07, 6.45) is -0.588. The van der Waals surface area contributed by atoms with Gasteiger partial charge in [0.05, 0.1) is 24.8 Å². The average molecular weight is 468 g/mol. The lowest BCUT2D eigenvalue weighted by molar-refractivity contribution is -0.159. The van der Waals surface area contributed by atoms with Gasteiger partial charge in [-0.1, -0.05) is 0 Å². The van der Waals surface area contributed by atoms with Crippen molar-refractivity contribution in [3.05, 3.63) is 23.8 Å². The van der Waals surface area contributed by atoms with E-state index in [4.69, 9.17) is 4.74 Å². The largest absolute Gasteiger partial charge is 0.496 e. The van der Waals surface area contributed by atoms with Crippen LogP contribution in [0.5, 0.6) is 5.75 Å². The molecule has 1 heterocycles. The molecule has 1 aliphatic carbocycles. The van der Waals surface area contributed by atoms with Crippen molar-refractivity contribution in [3.8, 4) is 5.75 Å². The van der Waals surface area contributed by atoms with E-state index in [-0.39, 0.29) is 17.9 Å². The van der Waals surface area contributed by atoms with Crippen LogP contribution in [0.1, 0.15) is 36.0 Å². The molecule has 0 spiro atoms. The molecule has 3 rings (SSSR count). The normalized spacial score (nSPS) is 30.2. The molecule has 0 radical (unpaired) electrons. The van der Waals surface area contributed by atoms with Crippen LogP contribution in [0.2, 0.25) is 0 Å². The number of methoxy groups -OCH3 is 1. The monoisotopic (exact) mass is 467 g/mol. The third kappa shape index (κ3) is 5.17. The Kier molecular flexibility index (Phi) is 7.65. The molecule has 3 amide bonds. The average Bonchev–Trinajstić information content (AvgIpc) is 2.78. The lowest BCUT2D eigenvalue weighted by Gasteiger charge is -2.42. The number of rotatable bonds is 6. The maximum absolute atomic E-state index is 12.9. The Balaban J connectivity index is 1.74. The SMILES string of the molecule is COc1cc(SC)ccc1C(=O)N[C@H]1C[C@@](O)(C(=O)N[C@H]2CCCNC2=O)C[C@@H](O)[C@@H]1O. The minimum absolute atomic E-state index is 0.212. The quantitative estimate of drug-likeness (QED) is 0.296. The number of amides is 3. The molecular formula is C21H29N3O7S. The molecule has 2 aliphatic rings. The summed E-state index contributed by atoms with van der Waals surface area (Å²) in [6.45, 7) is 0.524. The number of carbonyl (C=O) groups excluding carboxylic acids is 3. The van der Waals surface area contributed by atoms with E-state index in [1.807, 2.05) is 6.26 Å². The summed E-state index contributed by atoms with van der Waals surface area (Å²) in [6, 6.07) is 3.13. The second kappa shape index (κ2) is 10.1. The minimum Gasteiger partial charge on any atom is -0.496 e. The predicted octanol–water partition coefficient (Wildman–Crippen LogP) is -0.843. The molecule has 0 bridgehead atoms. The molecule has 176 valence electrons. The first kappa shape index (κ1) is 24.3. The van der Waals surface area contributed by atoms with E-state index >= 15 is 0 Å². The number of nitrogens with one attached hydrogen (secondary N) is 3. The first-order valence-corrected chi connectivity index (χ1v) is 11.6. The van der Waals surface area contributed by atoms with E-state index in [0.29, 0.717) is 25.1 Å². The summed E-state index contributed by atoms with van der Waals surface area (Å²) in [5.74, 6) is -1.42. The van der Waals surface area contributed by atoms with E-state index in [1.165, 1.54) is 18.9 Å². The van der Waals surface area contributed by atoms with Crippen LogP contribution >= 0.6 is 11.8 Å². The Morgan fingerprint density at radius 3 is 2.66 bits per heavy atom. The van der Waals surface area contributed by atoms with E-state index in [1.54, 1.807) is 18.2 Å². The number of thioether (sulfide) groups is 1. The van der Waals surface area contributed by atoms with Gasteiger partial charge in [-0.05, 0) is 37.3 Å². The topological polar surface area (TPSA) is 157 Å². The van der Waals surface area contributed by atoms with Gasteiger partial charge in [0, 0.05) is 24.3 Å². The van der Waals surface area contributed by atoms with Gasteiger partial charge < -0.3 is 36.0 Å². The summed E-state index contributed by atoms with van der Waals surface area (Å²) in [5, 5.41) is 39.4. The highest BCUT2D eigenvalue weighted by atomic mass is 32.2. The van der Waals surface area contributed by atoms with Crippen LogP contribution in [0.25, 0.3) is 0 Å². The van der Waals surface area contributed by atoms with Crippen molar-refractivity contribution < 1.29 is 34.4 Å². The van der Waals surface area contributed by atoms with Gasteiger partial charge in [-0.3, -0.25) is 14.4 Å². The van der Waals surface area contributed by atoms with Crippen LogP contribution in [-0.2, 0) is 9.59 Å². The minimum atomic E-state index is -2.07. The van der Waals surface area contributed by atoms with Gasteiger partial charge in [-0.15, -0.1) is 11.8 Å². The lowest BCUT2D eigenvalue weighted by atomic mass is 9.77. The standard InChI is InChI=1S/C21H29N3O7S/c1-31-16-8-11(32-2)5-6-12(16)18(27)23-14-9-21(30,10-15(25)17(14)26)20(29)24-13-4-3-7-22-19(13)28/h5-6,8,13-15,17,25-26,30H,3-4,7,9-10H2,1-2H3,(H,22,28)(H,23,27)(H,24,29)/t13-,14-,15+,17+,21-/m0/s1. The van der Waals surface area contributed by atoms with Crippen molar-refractivity contribution in [1.29, 1.82) is 0 Å². The van der Waals surface area contributed by atoms with Gasteiger partial charge in [-0.25, -0.2) is 0 Å². The molecule has 1 aliphatic heterocycles. The van der Waals surface area contributed by atoms with Crippen LogP contribution in [-0.4, -0.2) is 82.8 Å². The number of hydrogen-bond acceptors (Lipinski definition) is 8. The lowest BCUT2D eigenvalue weighted by Crippen LogP contribution is -2.64. The maximum atomic E-state index is 12.9. The fourth-order valence-corrected chi connectivity index (χ4v) is 4.49. The fraction of sp³-hybridized carbons (Fsp3) is 0.571. The molecule has 6 N–H and O–H groups in total. The molecule has 0 aromatic heterocycles. The Bertz CT molecular complexity index is 883. The highest BCUT2D eigenvalue weighted by Gasteiger charge is 2.50. The molecule has 0 unspecified atom stereocenters. The molecule has 1 aromatic rings. The van der Waals surface area contributed by atoms with Gasteiger partial charge in [-0.2, -0.15) is 0 Å². The fourth-order valence-electron chi connectivity index (χ4n) is 4.06. The van der Waals surface area contributed by atoms with Crippen LogP contribution in [0, 0.1) is 0 Å². The zero-order valence-corrected chi connectivity index (χ0v) is 18.8. The molecular weight excluding hydrogens is 438 g/mol. The molecule has 1 saturated heterocycles. The zero-order valence-electron chi connectivity index (χ0n) is 18.0. The first-order chi connectivity index (χ1) is 15.2. The Morgan fingerprint density at radius 2 is 2.00 bits per heavy atom. The van der Waals surface area contributed by atoms with Crippen molar-refractivity contribution in [2.75, 3.05) is 19.9 Å². The molecule has 5 atom stereocenters. The third-order valence-corrected chi connectivity index (χ3v) is 6.62. The molecule has 11 heteroatoms. The summed E-state index contributed by atoms with van der Waals surface area (Å²) in [5.41, 5.74) is -1.86. The van der Waals surface area contributed by atoms with Gasteiger partial charge in [0.1, 0.15) is 23.5 Å². The number of aliphatic hydroxyl groups excluding tert-OH is 2. The summed E-state index contributed by atoms with van der Waals surface area (Å²) in [7, 11) is 1.43. The second-order valence-corrected chi connectivity index (χ2v) is 8.98. The van der Waals surface area contributed by atoms with Crippen LogP contribution in [0.15, 0.2) is 23.1 Å². The van der Waals surface area contributed by atoms with E-state index in [2.05, 4.69) is 16.0 Å². The molecule has 1 saturated carbocycles. The Hall–Kier alpha value is -2.34. The number of ether oxygens (including phenoxy) is 1. The van der Waals surface area contributed by atoms with Gasteiger partial charge in [0.15, 0.2) is 0 Å². The smallest absolute Gasteiger partial charge is 0.255 e. The van der Waals surface area contributed by atoms with Crippen molar-refractivity contribution >= 4 is 29.5 Å². The van der Waals surface area contributed by atoms with Crippen LogP contribution in [0.3, 0.4) is 0 Å². The van der Waals surface area contributed by atoms with Crippen LogP contribution < -0.4 is 20.7 Å². The van der Waals surface area contributed by atoms with Gasteiger partial charge in [0.2, 0.25) is 5.91 Å². The number of piperidine rings is 1. The summed E-state index contributed by atoms with van der Waals surface area (Å²) in [4.78, 5) is 38.5. The van der Waals surface area contributed by atoms with Crippen molar-refractivity contribution in [2.45, 2.75) is 60.5 Å². The van der Waals surface area contributed by atoms with E-state index in [0.717, 1.165) is 4.90 Å². The second-order valence-electron chi connectivity index (χ2n) is 8.10.